The van der Waals surface area contributed by atoms with Gasteiger partial charge in [-0.15, -0.1) is 12.4 Å². The van der Waals surface area contributed by atoms with Crippen molar-refractivity contribution in [2.24, 2.45) is 5.73 Å². The van der Waals surface area contributed by atoms with Gasteiger partial charge in [0.05, 0.1) is 6.04 Å². The van der Waals surface area contributed by atoms with Gasteiger partial charge >= 0.3 is 0 Å². The SMILES string of the molecule is CC(N)C(=O)NCC1CCCCN1.Cl. The van der Waals surface area contributed by atoms with Crippen molar-refractivity contribution < 1.29 is 4.79 Å². The van der Waals surface area contributed by atoms with E-state index in [4.69, 9.17) is 5.73 Å². The van der Waals surface area contributed by atoms with Crippen LogP contribution in [0.5, 0.6) is 0 Å². The molecule has 84 valence electrons. The zero-order chi connectivity index (χ0) is 9.68. The molecular weight excluding hydrogens is 202 g/mol. The first-order valence-electron chi connectivity index (χ1n) is 4.97. The van der Waals surface area contributed by atoms with Gasteiger partial charge in [-0.25, -0.2) is 0 Å². The third-order valence-corrected chi connectivity index (χ3v) is 2.35. The molecule has 2 atom stereocenters. The average Bonchev–Trinajstić information content (AvgIpc) is 2.15. The summed E-state index contributed by atoms with van der Waals surface area (Å²) in [5, 5.41) is 6.18. The van der Waals surface area contributed by atoms with Crippen molar-refractivity contribution in [1.29, 1.82) is 0 Å². The Hall–Kier alpha value is -0.320. The molecule has 2 unspecified atom stereocenters. The van der Waals surface area contributed by atoms with Gasteiger partial charge < -0.3 is 16.4 Å². The normalized spacial score (nSPS) is 23.4. The molecule has 0 spiro atoms. The van der Waals surface area contributed by atoms with Gasteiger partial charge in [0.15, 0.2) is 0 Å². The van der Waals surface area contributed by atoms with E-state index in [9.17, 15) is 4.79 Å². The first-order chi connectivity index (χ1) is 6.20. The summed E-state index contributed by atoms with van der Waals surface area (Å²) < 4.78 is 0. The fourth-order valence-corrected chi connectivity index (χ4v) is 1.48. The van der Waals surface area contributed by atoms with Crippen LogP contribution in [0.4, 0.5) is 0 Å². The number of rotatable bonds is 3. The van der Waals surface area contributed by atoms with Gasteiger partial charge in [-0.05, 0) is 26.3 Å². The number of hydrogen-bond donors (Lipinski definition) is 3. The fourth-order valence-electron chi connectivity index (χ4n) is 1.48. The predicted molar refractivity (Wildman–Crippen MR) is 59.5 cm³/mol. The van der Waals surface area contributed by atoms with Crippen LogP contribution in [-0.2, 0) is 4.79 Å². The molecule has 0 bridgehead atoms. The van der Waals surface area contributed by atoms with E-state index in [1.54, 1.807) is 6.92 Å². The summed E-state index contributed by atoms with van der Waals surface area (Å²) >= 11 is 0. The largest absolute Gasteiger partial charge is 0.353 e. The van der Waals surface area contributed by atoms with Crippen LogP contribution in [0, 0.1) is 0 Å². The number of piperidine rings is 1. The third kappa shape index (κ3) is 4.79. The third-order valence-electron chi connectivity index (χ3n) is 2.35. The monoisotopic (exact) mass is 221 g/mol. The molecule has 1 rings (SSSR count). The Labute approximate surface area is 91.4 Å². The maximum atomic E-state index is 11.1. The zero-order valence-corrected chi connectivity index (χ0v) is 9.40. The highest BCUT2D eigenvalue weighted by atomic mass is 35.5. The minimum Gasteiger partial charge on any atom is -0.353 e. The number of amides is 1. The van der Waals surface area contributed by atoms with Crippen LogP contribution in [0.3, 0.4) is 0 Å². The number of carbonyl (C=O) groups excluding carboxylic acids is 1. The highest BCUT2D eigenvalue weighted by Gasteiger charge is 2.14. The minimum absolute atomic E-state index is 0. The van der Waals surface area contributed by atoms with Crippen LogP contribution in [0.15, 0.2) is 0 Å². The number of halogens is 1. The summed E-state index contributed by atoms with van der Waals surface area (Å²) in [6.07, 6.45) is 3.66. The van der Waals surface area contributed by atoms with E-state index in [2.05, 4.69) is 10.6 Å². The first-order valence-corrected chi connectivity index (χ1v) is 4.97. The van der Waals surface area contributed by atoms with E-state index in [1.807, 2.05) is 0 Å². The van der Waals surface area contributed by atoms with Gasteiger partial charge in [-0.1, -0.05) is 6.42 Å². The van der Waals surface area contributed by atoms with Crippen molar-refractivity contribution in [3.8, 4) is 0 Å². The average molecular weight is 222 g/mol. The second kappa shape index (κ2) is 7.04. The summed E-state index contributed by atoms with van der Waals surface area (Å²) in [5.74, 6) is -0.0626. The van der Waals surface area contributed by atoms with Crippen molar-refractivity contribution >= 4 is 18.3 Å². The summed E-state index contributed by atoms with van der Waals surface area (Å²) in [6.45, 7) is 3.47. The Morgan fingerprint density at radius 1 is 1.64 bits per heavy atom. The quantitative estimate of drug-likeness (QED) is 0.629. The molecule has 0 aromatic carbocycles. The Bertz CT molecular complexity index is 169. The van der Waals surface area contributed by atoms with Gasteiger partial charge in [0.2, 0.25) is 5.91 Å². The summed E-state index contributed by atoms with van der Waals surface area (Å²) in [4.78, 5) is 11.1. The van der Waals surface area contributed by atoms with Crippen molar-refractivity contribution in [3.63, 3.8) is 0 Å². The van der Waals surface area contributed by atoms with Gasteiger partial charge in [0, 0.05) is 12.6 Å². The lowest BCUT2D eigenvalue weighted by Crippen LogP contribution is -2.47. The molecule has 1 saturated heterocycles. The second-order valence-corrected chi connectivity index (χ2v) is 3.68. The van der Waals surface area contributed by atoms with E-state index in [-0.39, 0.29) is 18.3 Å². The van der Waals surface area contributed by atoms with E-state index in [1.165, 1.54) is 12.8 Å². The standard InChI is InChI=1S/C9H19N3O.ClH/c1-7(10)9(13)12-6-8-4-2-3-5-11-8;/h7-8,11H,2-6,10H2,1H3,(H,12,13);1H. The Balaban J connectivity index is 0.00000169. The Morgan fingerprint density at radius 2 is 2.36 bits per heavy atom. The van der Waals surface area contributed by atoms with Crippen LogP contribution in [0.1, 0.15) is 26.2 Å². The minimum atomic E-state index is -0.399. The van der Waals surface area contributed by atoms with E-state index < -0.39 is 6.04 Å². The molecule has 4 N–H and O–H groups in total. The highest BCUT2D eigenvalue weighted by Crippen LogP contribution is 2.05. The summed E-state index contributed by atoms with van der Waals surface area (Å²) in [5.41, 5.74) is 5.42. The molecule has 5 heteroatoms. The second-order valence-electron chi connectivity index (χ2n) is 3.68. The molecule has 0 aromatic rings. The van der Waals surface area contributed by atoms with Gasteiger partial charge in [0.25, 0.3) is 0 Å². The molecule has 0 saturated carbocycles. The Kier molecular flexibility index (Phi) is 6.87. The molecule has 0 aromatic heterocycles. The molecule has 4 nitrogen and oxygen atoms in total. The molecule has 1 amide bonds. The van der Waals surface area contributed by atoms with Gasteiger partial charge in [-0.2, -0.15) is 0 Å². The van der Waals surface area contributed by atoms with E-state index >= 15 is 0 Å². The lowest BCUT2D eigenvalue weighted by Gasteiger charge is -2.23. The maximum absolute atomic E-state index is 11.1. The molecule has 14 heavy (non-hydrogen) atoms. The van der Waals surface area contributed by atoms with Crippen molar-refractivity contribution in [2.45, 2.75) is 38.3 Å². The van der Waals surface area contributed by atoms with Crippen LogP contribution in [0.25, 0.3) is 0 Å². The molecule has 0 aliphatic carbocycles. The first kappa shape index (κ1) is 13.7. The number of carbonyl (C=O) groups is 1. The summed E-state index contributed by atoms with van der Waals surface area (Å²) in [6, 6.07) is 0.0417. The summed E-state index contributed by atoms with van der Waals surface area (Å²) in [7, 11) is 0. The van der Waals surface area contributed by atoms with E-state index in [0.29, 0.717) is 12.6 Å². The molecule has 1 fully saturated rings. The molecule has 1 aliphatic heterocycles. The van der Waals surface area contributed by atoms with Gasteiger partial charge in [-0.3, -0.25) is 4.79 Å². The number of nitrogens with two attached hydrogens (primary N) is 1. The molecule has 0 radical (unpaired) electrons. The number of nitrogens with one attached hydrogen (secondary N) is 2. The van der Waals surface area contributed by atoms with Crippen LogP contribution in [0.2, 0.25) is 0 Å². The maximum Gasteiger partial charge on any atom is 0.236 e. The predicted octanol–water partition coefficient (Wildman–Crippen LogP) is 0.0137. The fraction of sp³-hybridized carbons (Fsp3) is 0.889. The lowest BCUT2D eigenvalue weighted by molar-refractivity contribution is -0.122. The molecule has 1 aliphatic rings. The van der Waals surface area contributed by atoms with Crippen LogP contribution < -0.4 is 16.4 Å². The Morgan fingerprint density at radius 3 is 2.86 bits per heavy atom. The lowest BCUT2D eigenvalue weighted by atomic mass is 10.1. The molecular formula is C9H20ClN3O. The topological polar surface area (TPSA) is 67.2 Å². The van der Waals surface area contributed by atoms with Crippen LogP contribution in [-0.4, -0.2) is 31.1 Å². The zero-order valence-electron chi connectivity index (χ0n) is 8.58. The van der Waals surface area contributed by atoms with Gasteiger partial charge in [0.1, 0.15) is 0 Å². The van der Waals surface area contributed by atoms with Crippen molar-refractivity contribution in [2.75, 3.05) is 13.1 Å². The number of hydrogen-bond acceptors (Lipinski definition) is 3. The molecule has 1 heterocycles. The highest BCUT2D eigenvalue weighted by molar-refractivity contribution is 5.85. The van der Waals surface area contributed by atoms with E-state index in [0.717, 1.165) is 13.0 Å². The van der Waals surface area contributed by atoms with Crippen molar-refractivity contribution in [3.05, 3.63) is 0 Å². The van der Waals surface area contributed by atoms with Crippen molar-refractivity contribution in [1.82, 2.24) is 10.6 Å². The smallest absolute Gasteiger partial charge is 0.236 e. The van der Waals surface area contributed by atoms with Crippen LogP contribution >= 0.6 is 12.4 Å².